The number of hydrogen-bond acceptors (Lipinski definition) is 6. The second-order valence-corrected chi connectivity index (χ2v) is 8.33. The van der Waals surface area contributed by atoms with Gasteiger partial charge in [0, 0.05) is 16.6 Å². The summed E-state index contributed by atoms with van der Waals surface area (Å²) in [5.41, 5.74) is 0.223. The first-order valence-electron chi connectivity index (χ1n) is 7.38. The molecule has 0 unspecified atom stereocenters. The van der Waals surface area contributed by atoms with E-state index in [1.54, 1.807) is 19.9 Å². The van der Waals surface area contributed by atoms with Crippen LogP contribution in [0.15, 0.2) is 45.8 Å². The molecule has 7 nitrogen and oxygen atoms in total. The van der Waals surface area contributed by atoms with Crippen LogP contribution < -0.4 is 10.0 Å². The van der Waals surface area contributed by atoms with Crippen molar-refractivity contribution in [2.45, 2.75) is 18.7 Å². The van der Waals surface area contributed by atoms with Crippen LogP contribution in [0.1, 0.15) is 20.3 Å². The molecule has 3 aromatic rings. The molecular formula is C16H14FN3O4S2. The Morgan fingerprint density at radius 2 is 1.88 bits per heavy atom. The van der Waals surface area contributed by atoms with Crippen molar-refractivity contribution in [2.75, 3.05) is 10.0 Å². The fourth-order valence-electron chi connectivity index (χ4n) is 2.18. The predicted octanol–water partition coefficient (Wildman–Crippen LogP) is 3.55. The molecule has 0 atom stereocenters. The molecule has 0 bridgehead atoms. The van der Waals surface area contributed by atoms with Crippen molar-refractivity contribution >= 4 is 38.8 Å². The third-order valence-electron chi connectivity index (χ3n) is 3.35. The number of aromatic nitrogens is 1. The van der Waals surface area contributed by atoms with Gasteiger partial charge in [-0.25, -0.2) is 12.8 Å². The Morgan fingerprint density at radius 3 is 2.50 bits per heavy atom. The van der Waals surface area contributed by atoms with Gasteiger partial charge in [-0.2, -0.15) is 0 Å². The Morgan fingerprint density at radius 1 is 1.19 bits per heavy atom. The van der Waals surface area contributed by atoms with Crippen LogP contribution in [0, 0.1) is 19.7 Å². The SMILES string of the molecule is Cc1cc(NC(=O)c2cc(S(=O)(=O)Nc3ccc(F)cc3)c(C)s2)no1. The van der Waals surface area contributed by atoms with Crippen molar-refractivity contribution < 1.29 is 22.1 Å². The van der Waals surface area contributed by atoms with Crippen LogP contribution >= 0.6 is 11.3 Å². The lowest BCUT2D eigenvalue weighted by Crippen LogP contribution is -2.13. The lowest BCUT2D eigenvalue weighted by atomic mass is 10.3. The van der Waals surface area contributed by atoms with E-state index in [9.17, 15) is 17.6 Å². The number of benzene rings is 1. The molecule has 0 spiro atoms. The van der Waals surface area contributed by atoms with Gasteiger partial charge in [0.15, 0.2) is 5.82 Å². The van der Waals surface area contributed by atoms with Crippen LogP contribution in [-0.2, 0) is 10.0 Å². The summed E-state index contributed by atoms with van der Waals surface area (Å²) in [6.45, 7) is 3.28. The summed E-state index contributed by atoms with van der Waals surface area (Å²) in [4.78, 5) is 12.9. The second-order valence-electron chi connectivity index (χ2n) is 5.42. The first-order chi connectivity index (χ1) is 12.2. The molecule has 26 heavy (non-hydrogen) atoms. The van der Waals surface area contributed by atoms with Gasteiger partial charge in [0.1, 0.15) is 16.5 Å². The molecule has 0 aliphatic heterocycles. The van der Waals surface area contributed by atoms with Gasteiger partial charge in [-0.1, -0.05) is 5.16 Å². The van der Waals surface area contributed by atoms with E-state index >= 15 is 0 Å². The van der Waals surface area contributed by atoms with E-state index in [1.165, 1.54) is 18.2 Å². The average Bonchev–Trinajstić information content (AvgIpc) is 3.15. The molecule has 3 rings (SSSR count). The van der Waals surface area contributed by atoms with Crippen LogP contribution in [0.5, 0.6) is 0 Å². The van der Waals surface area contributed by atoms with Crippen molar-refractivity contribution in [3.05, 3.63) is 57.7 Å². The number of hydrogen-bond donors (Lipinski definition) is 2. The summed E-state index contributed by atoms with van der Waals surface area (Å²) in [5.74, 6) is -0.182. The topological polar surface area (TPSA) is 101 Å². The predicted molar refractivity (Wildman–Crippen MR) is 95.5 cm³/mol. The van der Waals surface area contributed by atoms with Crippen molar-refractivity contribution in [3.63, 3.8) is 0 Å². The summed E-state index contributed by atoms with van der Waals surface area (Å²) in [7, 11) is -3.91. The van der Waals surface area contributed by atoms with E-state index in [0.29, 0.717) is 10.6 Å². The molecule has 10 heteroatoms. The van der Waals surface area contributed by atoms with E-state index in [0.717, 1.165) is 23.5 Å². The number of halogens is 1. The second kappa shape index (κ2) is 6.89. The van der Waals surface area contributed by atoms with Gasteiger partial charge in [-0.05, 0) is 44.2 Å². The van der Waals surface area contributed by atoms with E-state index in [4.69, 9.17) is 4.52 Å². The standard InChI is InChI=1S/C16H14FN3O4S2/c1-9-7-15(19-24-9)18-16(21)13-8-14(10(2)25-13)26(22,23)20-12-5-3-11(17)4-6-12/h3-8,20H,1-2H3,(H,18,19,21). The Hall–Kier alpha value is -2.72. The maximum absolute atomic E-state index is 12.9. The highest BCUT2D eigenvalue weighted by Crippen LogP contribution is 2.28. The van der Waals surface area contributed by atoms with Gasteiger partial charge < -0.3 is 9.84 Å². The van der Waals surface area contributed by atoms with E-state index in [1.807, 2.05) is 0 Å². The summed E-state index contributed by atoms with van der Waals surface area (Å²) in [6, 6.07) is 7.76. The normalized spacial score (nSPS) is 11.3. The van der Waals surface area contributed by atoms with Crippen LogP contribution in [-0.4, -0.2) is 19.5 Å². The van der Waals surface area contributed by atoms with Crippen LogP contribution in [0.3, 0.4) is 0 Å². The molecule has 0 aliphatic rings. The minimum absolute atomic E-state index is 0.0201. The van der Waals surface area contributed by atoms with Crippen molar-refractivity contribution in [3.8, 4) is 0 Å². The number of nitrogens with one attached hydrogen (secondary N) is 2. The summed E-state index contributed by atoms with van der Waals surface area (Å²) >= 11 is 1.04. The summed E-state index contributed by atoms with van der Waals surface area (Å²) in [6.07, 6.45) is 0. The number of amides is 1. The minimum atomic E-state index is -3.91. The molecule has 2 heterocycles. The third kappa shape index (κ3) is 3.92. The quantitative estimate of drug-likeness (QED) is 0.688. The van der Waals surface area contributed by atoms with Crippen LogP contribution in [0.4, 0.5) is 15.9 Å². The number of thiophene rings is 1. The number of carbonyl (C=O) groups is 1. The highest BCUT2D eigenvalue weighted by Gasteiger charge is 2.23. The largest absolute Gasteiger partial charge is 0.360 e. The molecule has 0 fully saturated rings. The highest BCUT2D eigenvalue weighted by molar-refractivity contribution is 7.93. The molecule has 2 aromatic heterocycles. The summed E-state index contributed by atoms with van der Waals surface area (Å²) < 4.78 is 45.3. The number of nitrogens with zero attached hydrogens (tertiary/aromatic N) is 1. The lowest BCUT2D eigenvalue weighted by Gasteiger charge is -2.07. The monoisotopic (exact) mass is 395 g/mol. The number of sulfonamides is 1. The Labute approximate surface area is 152 Å². The van der Waals surface area contributed by atoms with Crippen molar-refractivity contribution in [1.82, 2.24) is 5.16 Å². The van der Waals surface area contributed by atoms with E-state index in [-0.39, 0.29) is 21.3 Å². The molecule has 0 radical (unpaired) electrons. The Kier molecular flexibility index (Phi) is 4.79. The zero-order valence-corrected chi connectivity index (χ0v) is 15.4. The lowest BCUT2D eigenvalue weighted by molar-refractivity contribution is 0.102. The molecule has 0 aliphatic carbocycles. The molecular weight excluding hydrogens is 381 g/mol. The Balaban J connectivity index is 1.82. The number of carbonyl (C=O) groups excluding carboxylic acids is 1. The first-order valence-corrected chi connectivity index (χ1v) is 9.68. The van der Waals surface area contributed by atoms with Crippen LogP contribution in [0.25, 0.3) is 0 Å². The number of anilines is 2. The maximum Gasteiger partial charge on any atom is 0.267 e. The third-order valence-corrected chi connectivity index (χ3v) is 6.04. The van der Waals surface area contributed by atoms with E-state index in [2.05, 4.69) is 15.2 Å². The smallest absolute Gasteiger partial charge is 0.267 e. The van der Waals surface area contributed by atoms with Gasteiger partial charge in [0.2, 0.25) is 0 Å². The molecule has 0 saturated heterocycles. The maximum atomic E-state index is 12.9. The number of aryl methyl sites for hydroxylation is 2. The number of rotatable bonds is 5. The fraction of sp³-hybridized carbons (Fsp3) is 0.125. The van der Waals surface area contributed by atoms with Gasteiger partial charge >= 0.3 is 0 Å². The molecule has 0 saturated carbocycles. The van der Waals surface area contributed by atoms with Crippen molar-refractivity contribution in [1.29, 1.82) is 0 Å². The van der Waals surface area contributed by atoms with Gasteiger partial charge in [0.05, 0.1) is 4.88 Å². The molecule has 136 valence electrons. The van der Waals surface area contributed by atoms with Gasteiger partial charge in [0.25, 0.3) is 15.9 Å². The van der Waals surface area contributed by atoms with Crippen LogP contribution in [0.2, 0.25) is 0 Å². The zero-order chi connectivity index (χ0) is 18.9. The molecule has 2 N–H and O–H groups in total. The van der Waals surface area contributed by atoms with Crippen molar-refractivity contribution in [2.24, 2.45) is 0 Å². The molecule has 1 aromatic carbocycles. The van der Waals surface area contributed by atoms with Gasteiger partial charge in [-0.3, -0.25) is 9.52 Å². The Bertz CT molecular complexity index is 1060. The average molecular weight is 395 g/mol. The summed E-state index contributed by atoms with van der Waals surface area (Å²) in [5, 5.41) is 6.20. The fourth-order valence-corrected chi connectivity index (χ4v) is 4.72. The highest BCUT2D eigenvalue weighted by atomic mass is 32.2. The van der Waals surface area contributed by atoms with Gasteiger partial charge in [-0.15, -0.1) is 11.3 Å². The minimum Gasteiger partial charge on any atom is -0.360 e. The van der Waals surface area contributed by atoms with E-state index < -0.39 is 21.7 Å². The molecule has 1 amide bonds. The zero-order valence-electron chi connectivity index (χ0n) is 13.7. The first kappa shape index (κ1) is 18.1.